The third-order valence-electron chi connectivity index (χ3n) is 5.97. The molecule has 2 aromatic rings. The number of unbranched alkanes of at least 4 members (excludes halogenated alkanes) is 1. The van der Waals surface area contributed by atoms with Gasteiger partial charge in [-0.15, -0.1) is 0 Å². The maximum Gasteiger partial charge on any atom is 0.193 e. The Kier molecular flexibility index (Phi) is 8.31. The van der Waals surface area contributed by atoms with E-state index in [9.17, 15) is 0 Å². The highest BCUT2D eigenvalue weighted by Crippen LogP contribution is 2.16. The third-order valence-corrected chi connectivity index (χ3v) is 5.97. The van der Waals surface area contributed by atoms with E-state index in [-0.39, 0.29) is 0 Å². The Hall–Kier alpha value is -2.34. The monoisotopic (exact) mass is 410 g/mol. The summed E-state index contributed by atoms with van der Waals surface area (Å²) in [7, 11) is 1.89. The van der Waals surface area contributed by atoms with Gasteiger partial charge in [-0.1, -0.05) is 38.1 Å². The maximum atomic E-state index is 4.51. The number of rotatable bonds is 8. The molecule has 1 N–H and O–H groups in total. The van der Waals surface area contributed by atoms with Crippen LogP contribution in [0.2, 0.25) is 0 Å². The molecule has 1 saturated heterocycles. The van der Waals surface area contributed by atoms with Gasteiger partial charge in [-0.25, -0.2) is 4.98 Å². The highest BCUT2D eigenvalue weighted by atomic mass is 15.3. The van der Waals surface area contributed by atoms with Crippen LogP contribution in [0, 0.1) is 6.92 Å². The molecule has 0 spiro atoms. The number of hydrogen-bond acceptors (Lipinski definition) is 3. The lowest BCUT2D eigenvalue weighted by Crippen LogP contribution is -2.52. The molecule has 0 atom stereocenters. The number of nitrogens with one attached hydrogen (secondary N) is 1. The largest absolute Gasteiger partial charge is 0.356 e. The van der Waals surface area contributed by atoms with Crippen molar-refractivity contribution in [3.05, 3.63) is 53.6 Å². The molecule has 1 aromatic carbocycles. The smallest absolute Gasteiger partial charge is 0.193 e. The number of aliphatic imine (C=N–C) groups is 1. The molecule has 6 heteroatoms. The molecule has 0 saturated carbocycles. The Labute approximate surface area is 182 Å². The number of aryl methyl sites for hydroxylation is 2. The molecule has 0 amide bonds. The first-order valence-corrected chi connectivity index (χ1v) is 11.3. The summed E-state index contributed by atoms with van der Waals surface area (Å²) in [6, 6.07) is 9.12. The van der Waals surface area contributed by atoms with Crippen LogP contribution >= 0.6 is 0 Å². The van der Waals surface area contributed by atoms with Gasteiger partial charge in [0.2, 0.25) is 0 Å². The van der Waals surface area contributed by atoms with Crippen LogP contribution in [-0.4, -0.2) is 65.1 Å². The van der Waals surface area contributed by atoms with Crippen LogP contribution in [0.1, 0.15) is 49.6 Å². The van der Waals surface area contributed by atoms with E-state index in [0.717, 1.165) is 70.4 Å². The fourth-order valence-corrected chi connectivity index (χ4v) is 3.96. The SMILES string of the molecule is CN=C(NCCCCn1ccnc1C)N1CCN(Cc2ccc(C(C)C)cc2)CC1. The van der Waals surface area contributed by atoms with Crippen molar-refractivity contribution in [1.82, 2.24) is 24.7 Å². The van der Waals surface area contributed by atoms with Crippen LogP contribution in [0.5, 0.6) is 0 Å². The second-order valence-corrected chi connectivity index (χ2v) is 8.51. The van der Waals surface area contributed by atoms with E-state index in [0.29, 0.717) is 5.92 Å². The minimum Gasteiger partial charge on any atom is -0.356 e. The maximum absolute atomic E-state index is 4.51. The van der Waals surface area contributed by atoms with Crippen LogP contribution < -0.4 is 5.32 Å². The molecule has 6 nitrogen and oxygen atoms in total. The molecule has 1 aliphatic heterocycles. The molecule has 1 aliphatic rings. The Morgan fingerprint density at radius 2 is 1.83 bits per heavy atom. The Balaban J connectivity index is 1.36. The van der Waals surface area contributed by atoms with Crippen LogP contribution in [0.3, 0.4) is 0 Å². The summed E-state index contributed by atoms with van der Waals surface area (Å²) in [6.45, 7) is 13.8. The second-order valence-electron chi connectivity index (χ2n) is 8.51. The lowest BCUT2D eigenvalue weighted by Gasteiger charge is -2.36. The zero-order valence-electron chi connectivity index (χ0n) is 19.1. The van der Waals surface area contributed by atoms with Gasteiger partial charge in [0.25, 0.3) is 0 Å². The van der Waals surface area contributed by atoms with Gasteiger partial charge >= 0.3 is 0 Å². The summed E-state index contributed by atoms with van der Waals surface area (Å²) in [5.74, 6) is 2.72. The van der Waals surface area contributed by atoms with E-state index < -0.39 is 0 Å². The van der Waals surface area contributed by atoms with E-state index in [2.05, 4.69) is 80.9 Å². The third kappa shape index (κ3) is 6.33. The fourth-order valence-electron chi connectivity index (χ4n) is 3.96. The van der Waals surface area contributed by atoms with Crippen molar-refractivity contribution in [3.8, 4) is 0 Å². The number of nitrogens with zero attached hydrogens (tertiary/aromatic N) is 5. The topological polar surface area (TPSA) is 48.7 Å². The number of imidazole rings is 1. The number of benzene rings is 1. The normalized spacial score (nSPS) is 15.8. The van der Waals surface area contributed by atoms with E-state index >= 15 is 0 Å². The van der Waals surface area contributed by atoms with Crippen molar-refractivity contribution in [2.45, 2.75) is 52.6 Å². The molecule has 164 valence electrons. The average Bonchev–Trinajstić information content (AvgIpc) is 3.16. The van der Waals surface area contributed by atoms with Crippen LogP contribution in [0.25, 0.3) is 0 Å². The first-order chi connectivity index (χ1) is 14.6. The molecule has 1 fully saturated rings. The second kappa shape index (κ2) is 11.2. The Bertz CT molecular complexity index is 784. The van der Waals surface area contributed by atoms with E-state index in [1.54, 1.807) is 0 Å². The summed E-state index contributed by atoms with van der Waals surface area (Å²) >= 11 is 0. The number of aromatic nitrogens is 2. The molecule has 0 aliphatic carbocycles. The van der Waals surface area contributed by atoms with Crippen molar-refractivity contribution in [3.63, 3.8) is 0 Å². The molecule has 0 radical (unpaired) electrons. The summed E-state index contributed by atoms with van der Waals surface area (Å²) in [5.41, 5.74) is 2.82. The van der Waals surface area contributed by atoms with Crippen LogP contribution in [-0.2, 0) is 13.1 Å². The van der Waals surface area contributed by atoms with E-state index in [1.807, 2.05) is 13.2 Å². The highest BCUT2D eigenvalue weighted by Gasteiger charge is 2.19. The molecule has 3 rings (SSSR count). The molecule has 30 heavy (non-hydrogen) atoms. The summed E-state index contributed by atoms with van der Waals surface area (Å²) in [4.78, 5) is 13.7. The first-order valence-electron chi connectivity index (χ1n) is 11.3. The standard InChI is InChI=1S/C24H38N6/c1-20(2)23-9-7-22(8-10-23)19-28-15-17-30(18-16-28)24(25-4)27-11-5-6-13-29-14-12-26-21(29)3/h7-10,12,14,20H,5-6,11,13,15-19H2,1-4H3,(H,25,27). The molecule has 0 bridgehead atoms. The van der Waals surface area contributed by atoms with Gasteiger partial charge in [-0.05, 0) is 36.8 Å². The van der Waals surface area contributed by atoms with Gasteiger partial charge in [0.1, 0.15) is 5.82 Å². The molecular weight excluding hydrogens is 372 g/mol. The first kappa shape index (κ1) is 22.3. The fraction of sp³-hybridized carbons (Fsp3) is 0.583. The van der Waals surface area contributed by atoms with E-state index in [4.69, 9.17) is 0 Å². The van der Waals surface area contributed by atoms with Gasteiger partial charge in [0, 0.05) is 65.3 Å². The highest BCUT2D eigenvalue weighted by molar-refractivity contribution is 5.79. The van der Waals surface area contributed by atoms with Crippen molar-refractivity contribution in [2.75, 3.05) is 39.8 Å². The van der Waals surface area contributed by atoms with Gasteiger partial charge in [-0.2, -0.15) is 0 Å². The number of hydrogen-bond donors (Lipinski definition) is 1. The minimum atomic E-state index is 0.594. The minimum absolute atomic E-state index is 0.594. The molecule has 2 heterocycles. The van der Waals surface area contributed by atoms with Gasteiger partial charge < -0.3 is 14.8 Å². The summed E-state index contributed by atoms with van der Waals surface area (Å²) < 4.78 is 2.21. The predicted molar refractivity (Wildman–Crippen MR) is 125 cm³/mol. The van der Waals surface area contributed by atoms with Crippen molar-refractivity contribution >= 4 is 5.96 Å². The molecule has 1 aromatic heterocycles. The van der Waals surface area contributed by atoms with Crippen LogP contribution in [0.4, 0.5) is 0 Å². The lowest BCUT2D eigenvalue weighted by molar-refractivity contribution is 0.172. The summed E-state index contributed by atoms with van der Waals surface area (Å²) in [5, 5.41) is 3.55. The lowest BCUT2D eigenvalue weighted by atomic mass is 10.0. The van der Waals surface area contributed by atoms with Crippen LogP contribution in [0.15, 0.2) is 41.7 Å². The van der Waals surface area contributed by atoms with E-state index in [1.165, 1.54) is 11.1 Å². The Morgan fingerprint density at radius 3 is 2.43 bits per heavy atom. The zero-order chi connectivity index (χ0) is 21.3. The molecule has 0 unspecified atom stereocenters. The van der Waals surface area contributed by atoms with Crippen molar-refractivity contribution < 1.29 is 0 Å². The number of piperazine rings is 1. The van der Waals surface area contributed by atoms with Crippen molar-refractivity contribution in [1.29, 1.82) is 0 Å². The van der Waals surface area contributed by atoms with Gasteiger partial charge in [-0.3, -0.25) is 9.89 Å². The predicted octanol–water partition coefficient (Wildman–Crippen LogP) is 3.49. The molecular formula is C24H38N6. The quantitative estimate of drug-likeness (QED) is 0.411. The Morgan fingerprint density at radius 1 is 1.10 bits per heavy atom. The number of guanidine groups is 1. The summed E-state index contributed by atoms with van der Waals surface area (Å²) in [6.07, 6.45) is 6.20. The van der Waals surface area contributed by atoms with Gasteiger partial charge in [0.15, 0.2) is 5.96 Å². The zero-order valence-corrected chi connectivity index (χ0v) is 19.1. The van der Waals surface area contributed by atoms with Crippen molar-refractivity contribution in [2.24, 2.45) is 4.99 Å². The van der Waals surface area contributed by atoms with Gasteiger partial charge in [0.05, 0.1) is 0 Å². The average molecular weight is 411 g/mol.